The second-order valence-electron chi connectivity index (χ2n) is 8.99. The summed E-state index contributed by atoms with van der Waals surface area (Å²) in [5.74, 6) is -0.0323. The molecule has 0 bridgehead atoms. The summed E-state index contributed by atoms with van der Waals surface area (Å²) in [6, 6.07) is 8.89. The van der Waals surface area contributed by atoms with Gasteiger partial charge in [0.2, 0.25) is 0 Å². The van der Waals surface area contributed by atoms with Crippen LogP contribution in [0.15, 0.2) is 24.3 Å². The van der Waals surface area contributed by atoms with Gasteiger partial charge in [-0.3, -0.25) is 14.5 Å². The molecule has 0 fully saturated rings. The van der Waals surface area contributed by atoms with E-state index in [0.29, 0.717) is 17.7 Å². The Morgan fingerprint density at radius 1 is 0.697 bits per heavy atom. The van der Waals surface area contributed by atoms with Crippen LogP contribution in [0, 0.1) is 33.6 Å². The van der Waals surface area contributed by atoms with Gasteiger partial charge in [0, 0.05) is 40.7 Å². The van der Waals surface area contributed by atoms with Crippen LogP contribution in [-0.2, 0) is 0 Å². The zero-order chi connectivity index (χ0) is 23.6. The number of hydrogen-bond acceptors (Lipinski definition) is 6. The molecule has 0 aromatic carbocycles. The molecule has 0 atom stereocenters. The standard InChI is InChI=1S/C26H25NO2S4/c1-12(2)11-27-25(28)21-16(6)31-24(22(21)26(27)29)23-14(4)10-20(33-23)18-8-7-17(32-18)19-9-13(3)15(5)30-19/h7-10,12H,11H2,1-6H3. The predicted octanol–water partition coefficient (Wildman–Crippen LogP) is 8.42. The van der Waals surface area contributed by atoms with Crippen molar-refractivity contribution in [3.63, 3.8) is 0 Å². The average molecular weight is 512 g/mol. The van der Waals surface area contributed by atoms with Gasteiger partial charge in [0.1, 0.15) is 0 Å². The molecule has 0 spiro atoms. The molecule has 0 N–H and O–H groups in total. The number of nitrogens with zero attached hydrogens (tertiary/aromatic N) is 1. The summed E-state index contributed by atoms with van der Waals surface area (Å²) < 4.78 is 0. The molecule has 3 nitrogen and oxygen atoms in total. The number of imide groups is 1. The number of aryl methyl sites for hydroxylation is 4. The molecule has 0 saturated heterocycles. The monoisotopic (exact) mass is 511 g/mol. The van der Waals surface area contributed by atoms with Gasteiger partial charge < -0.3 is 0 Å². The van der Waals surface area contributed by atoms with Gasteiger partial charge in [-0.2, -0.15) is 0 Å². The maximum absolute atomic E-state index is 13.2. The van der Waals surface area contributed by atoms with E-state index in [2.05, 4.69) is 45.0 Å². The zero-order valence-corrected chi connectivity index (χ0v) is 22.8. The van der Waals surface area contributed by atoms with Crippen LogP contribution in [0.25, 0.3) is 29.3 Å². The second-order valence-corrected chi connectivity index (χ2v) is 13.6. The zero-order valence-electron chi connectivity index (χ0n) is 19.5. The highest BCUT2D eigenvalue weighted by Crippen LogP contribution is 2.48. The minimum atomic E-state index is -0.140. The minimum absolute atomic E-state index is 0.137. The molecular weight excluding hydrogens is 487 g/mol. The van der Waals surface area contributed by atoms with Gasteiger partial charge in [-0.1, -0.05) is 13.8 Å². The fourth-order valence-corrected chi connectivity index (χ4v) is 8.90. The van der Waals surface area contributed by atoms with Crippen LogP contribution in [0.1, 0.15) is 55.4 Å². The summed E-state index contributed by atoms with van der Waals surface area (Å²) >= 11 is 6.95. The SMILES string of the molecule is Cc1cc(-c2ccc(-c3cc(C)c(-c4sc(C)c5c4C(=O)N(CC(C)C)C5=O)s3)s2)sc1C. The molecule has 4 aromatic rings. The second kappa shape index (κ2) is 8.31. The summed E-state index contributed by atoms with van der Waals surface area (Å²) in [4.78, 5) is 37.1. The number of hydrogen-bond donors (Lipinski definition) is 0. The Labute approximate surface area is 210 Å². The van der Waals surface area contributed by atoms with Gasteiger partial charge in [-0.25, -0.2) is 0 Å². The van der Waals surface area contributed by atoms with E-state index in [1.54, 1.807) is 22.7 Å². The Hall–Kier alpha value is -2.06. The smallest absolute Gasteiger partial charge is 0.263 e. The van der Waals surface area contributed by atoms with Crippen LogP contribution in [-0.4, -0.2) is 23.3 Å². The van der Waals surface area contributed by atoms with Crippen molar-refractivity contribution in [2.75, 3.05) is 6.54 Å². The highest BCUT2D eigenvalue weighted by Gasteiger charge is 2.41. The van der Waals surface area contributed by atoms with Crippen LogP contribution in [0.5, 0.6) is 0 Å². The Balaban J connectivity index is 1.53. The van der Waals surface area contributed by atoms with Crippen LogP contribution in [0.3, 0.4) is 0 Å². The summed E-state index contributed by atoms with van der Waals surface area (Å²) in [7, 11) is 0. The van der Waals surface area contributed by atoms with Crippen molar-refractivity contribution in [2.45, 2.75) is 41.5 Å². The summed E-state index contributed by atoms with van der Waals surface area (Å²) in [5.41, 5.74) is 3.71. The first-order valence-corrected chi connectivity index (χ1v) is 14.2. The lowest BCUT2D eigenvalue weighted by molar-refractivity contribution is 0.0636. The maximum Gasteiger partial charge on any atom is 0.263 e. The van der Waals surface area contributed by atoms with Crippen molar-refractivity contribution >= 4 is 57.2 Å². The normalized spacial score (nSPS) is 13.6. The minimum Gasteiger partial charge on any atom is -0.274 e. The van der Waals surface area contributed by atoms with E-state index in [1.165, 1.54) is 34.8 Å². The average Bonchev–Trinajstić information content (AvgIpc) is 3.53. The molecule has 0 radical (unpaired) electrons. The van der Waals surface area contributed by atoms with Crippen LogP contribution in [0.2, 0.25) is 0 Å². The highest BCUT2D eigenvalue weighted by molar-refractivity contribution is 7.28. The van der Waals surface area contributed by atoms with E-state index >= 15 is 0 Å². The molecule has 1 aliphatic heterocycles. The molecule has 5 rings (SSSR count). The van der Waals surface area contributed by atoms with Crippen molar-refractivity contribution in [1.29, 1.82) is 0 Å². The van der Waals surface area contributed by atoms with E-state index in [-0.39, 0.29) is 17.7 Å². The molecule has 7 heteroatoms. The molecule has 33 heavy (non-hydrogen) atoms. The Morgan fingerprint density at radius 2 is 1.30 bits per heavy atom. The lowest BCUT2D eigenvalue weighted by Crippen LogP contribution is -2.33. The van der Waals surface area contributed by atoms with E-state index < -0.39 is 0 Å². The molecule has 0 saturated carbocycles. The molecular formula is C26H25NO2S4. The summed E-state index contributed by atoms with van der Waals surface area (Å²) in [6.45, 7) is 12.9. The van der Waals surface area contributed by atoms with Crippen molar-refractivity contribution in [2.24, 2.45) is 5.92 Å². The van der Waals surface area contributed by atoms with Crippen LogP contribution in [0.4, 0.5) is 0 Å². The predicted molar refractivity (Wildman–Crippen MR) is 143 cm³/mol. The third-order valence-electron chi connectivity index (χ3n) is 5.93. The van der Waals surface area contributed by atoms with Gasteiger partial charge in [0.15, 0.2) is 0 Å². The van der Waals surface area contributed by atoms with Gasteiger partial charge in [0.05, 0.1) is 16.0 Å². The third-order valence-corrected chi connectivity index (χ3v) is 11.1. The van der Waals surface area contributed by atoms with Crippen molar-refractivity contribution in [1.82, 2.24) is 4.90 Å². The number of carbonyl (C=O) groups excluding carboxylic acids is 2. The van der Waals surface area contributed by atoms with Crippen LogP contribution >= 0.6 is 45.3 Å². The summed E-state index contributed by atoms with van der Waals surface area (Å²) in [5, 5.41) is 0. The number of fused-ring (bicyclic) bond motifs is 1. The lowest BCUT2D eigenvalue weighted by atomic mass is 10.1. The largest absolute Gasteiger partial charge is 0.274 e. The molecule has 5 heterocycles. The number of amides is 2. The molecule has 4 aromatic heterocycles. The van der Waals surface area contributed by atoms with E-state index in [0.717, 1.165) is 20.2 Å². The molecule has 170 valence electrons. The van der Waals surface area contributed by atoms with Gasteiger partial charge in [-0.15, -0.1) is 45.3 Å². The first kappa shape index (κ1) is 22.7. The summed E-state index contributed by atoms with van der Waals surface area (Å²) in [6.07, 6.45) is 0. The lowest BCUT2D eigenvalue weighted by Gasteiger charge is -2.16. The fourth-order valence-electron chi connectivity index (χ4n) is 4.19. The quantitative estimate of drug-likeness (QED) is 0.252. The van der Waals surface area contributed by atoms with Crippen LogP contribution < -0.4 is 0 Å². The van der Waals surface area contributed by atoms with Gasteiger partial charge in [-0.05, 0) is 69.0 Å². The number of thiophene rings is 4. The molecule has 2 amide bonds. The third kappa shape index (κ3) is 3.75. The Bertz CT molecular complexity index is 1390. The van der Waals surface area contributed by atoms with E-state index in [4.69, 9.17) is 0 Å². The maximum atomic E-state index is 13.2. The first-order valence-electron chi connectivity index (χ1n) is 10.9. The molecule has 1 aliphatic rings. The molecule has 0 aliphatic carbocycles. The number of rotatable bonds is 5. The number of carbonyl (C=O) groups is 2. The van der Waals surface area contributed by atoms with E-state index in [9.17, 15) is 9.59 Å². The van der Waals surface area contributed by atoms with Crippen molar-refractivity contribution in [3.05, 3.63) is 56.3 Å². The van der Waals surface area contributed by atoms with Gasteiger partial charge >= 0.3 is 0 Å². The van der Waals surface area contributed by atoms with Crippen molar-refractivity contribution in [3.8, 4) is 29.3 Å². The van der Waals surface area contributed by atoms with E-state index in [1.807, 2.05) is 43.4 Å². The fraction of sp³-hybridized carbons (Fsp3) is 0.308. The van der Waals surface area contributed by atoms with Crippen molar-refractivity contribution < 1.29 is 9.59 Å². The first-order chi connectivity index (χ1) is 15.7. The topological polar surface area (TPSA) is 37.4 Å². The highest BCUT2D eigenvalue weighted by atomic mass is 32.1. The Kier molecular flexibility index (Phi) is 5.72. The molecule has 0 unspecified atom stereocenters. The Morgan fingerprint density at radius 3 is 1.91 bits per heavy atom. The van der Waals surface area contributed by atoms with Gasteiger partial charge in [0.25, 0.3) is 11.8 Å².